The molecule has 136 valence electrons. The van der Waals surface area contributed by atoms with Crippen LogP contribution in [0.2, 0.25) is 0 Å². The van der Waals surface area contributed by atoms with Gasteiger partial charge in [0.25, 0.3) is 5.91 Å². The van der Waals surface area contributed by atoms with E-state index >= 15 is 0 Å². The molecule has 1 atom stereocenters. The molecule has 5 heteroatoms. The molecule has 0 unspecified atom stereocenters. The van der Waals surface area contributed by atoms with Crippen molar-refractivity contribution >= 4 is 22.2 Å². The van der Waals surface area contributed by atoms with E-state index in [2.05, 4.69) is 32.2 Å². The standard InChI is InChI=1S/C21H24N2O2S/c1-13(2)12-25-16-7-5-15(6-8-16)20(24)23-21-18(11-22)17-9-4-14(3)10-19(17)26-21/h5-8,13-14H,4,9-10,12H2,1-3H3,(H,23,24)/t14-/m0/s1. The first-order chi connectivity index (χ1) is 12.5. The van der Waals surface area contributed by atoms with Crippen LogP contribution in [-0.4, -0.2) is 12.5 Å². The zero-order valence-corrected chi connectivity index (χ0v) is 16.3. The van der Waals surface area contributed by atoms with E-state index in [9.17, 15) is 10.1 Å². The molecule has 4 nitrogen and oxygen atoms in total. The predicted molar refractivity (Wildman–Crippen MR) is 105 cm³/mol. The Kier molecular flexibility index (Phi) is 5.63. The lowest BCUT2D eigenvalue weighted by atomic mass is 9.88. The lowest BCUT2D eigenvalue weighted by Gasteiger charge is -2.17. The Morgan fingerprint density at radius 2 is 2.12 bits per heavy atom. The van der Waals surface area contributed by atoms with Crippen LogP contribution in [0, 0.1) is 23.2 Å². The van der Waals surface area contributed by atoms with Gasteiger partial charge < -0.3 is 10.1 Å². The maximum absolute atomic E-state index is 12.6. The van der Waals surface area contributed by atoms with Crippen molar-refractivity contribution in [3.63, 3.8) is 0 Å². The number of rotatable bonds is 5. The van der Waals surface area contributed by atoms with Crippen molar-refractivity contribution in [1.29, 1.82) is 5.26 Å². The maximum Gasteiger partial charge on any atom is 0.256 e. The van der Waals surface area contributed by atoms with E-state index in [1.807, 2.05) is 12.1 Å². The number of nitriles is 1. The van der Waals surface area contributed by atoms with Gasteiger partial charge in [0.1, 0.15) is 16.8 Å². The second-order valence-corrected chi connectivity index (χ2v) is 8.46. The molecule has 0 bridgehead atoms. The van der Waals surface area contributed by atoms with Crippen LogP contribution >= 0.6 is 11.3 Å². The van der Waals surface area contributed by atoms with Crippen molar-refractivity contribution in [2.75, 3.05) is 11.9 Å². The van der Waals surface area contributed by atoms with Gasteiger partial charge in [0, 0.05) is 10.4 Å². The first-order valence-corrected chi connectivity index (χ1v) is 9.88. The maximum atomic E-state index is 12.6. The third kappa shape index (κ3) is 4.08. The van der Waals surface area contributed by atoms with Gasteiger partial charge in [-0.3, -0.25) is 4.79 Å². The minimum Gasteiger partial charge on any atom is -0.493 e. The summed E-state index contributed by atoms with van der Waals surface area (Å²) >= 11 is 1.55. The summed E-state index contributed by atoms with van der Waals surface area (Å²) in [5.41, 5.74) is 2.33. The number of thiophene rings is 1. The third-order valence-electron chi connectivity index (χ3n) is 4.55. The van der Waals surface area contributed by atoms with E-state index in [-0.39, 0.29) is 5.91 Å². The number of benzene rings is 1. The number of hydrogen-bond donors (Lipinski definition) is 1. The Balaban J connectivity index is 1.73. The molecule has 26 heavy (non-hydrogen) atoms. The van der Waals surface area contributed by atoms with Gasteiger partial charge in [0.05, 0.1) is 12.2 Å². The van der Waals surface area contributed by atoms with Crippen LogP contribution in [0.5, 0.6) is 5.75 Å². The second-order valence-electron chi connectivity index (χ2n) is 7.35. The Morgan fingerprint density at radius 1 is 1.38 bits per heavy atom. The molecule has 1 aromatic carbocycles. The zero-order valence-electron chi connectivity index (χ0n) is 15.5. The van der Waals surface area contributed by atoms with Gasteiger partial charge in [-0.15, -0.1) is 11.3 Å². The highest BCUT2D eigenvalue weighted by atomic mass is 32.1. The number of nitrogens with one attached hydrogen (secondary N) is 1. The fourth-order valence-electron chi connectivity index (χ4n) is 3.10. The molecule has 0 saturated heterocycles. The van der Waals surface area contributed by atoms with Crippen LogP contribution in [0.15, 0.2) is 24.3 Å². The van der Waals surface area contributed by atoms with E-state index in [0.29, 0.717) is 34.6 Å². The highest BCUT2D eigenvalue weighted by molar-refractivity contribution is 7.16. The van der Waals surface area contributed by atoms with Gasteiger partial charge >= 0.3 is 0 Å². The number of fused-ring (bicyclic) bond motifs is 1. The molecule has 0 radical (unpaired) electrons. The summed E-state index contributed by atoms with van der Waals surface area (Å²) in [7, 11) is 0. The second kappa shape index (κ2) is 7.92. The number of nitrogens with zero attached hydrogens (tertiary/aromatic N) is 1. The molecule has 1 N–H and O–H groups in total. The molecule has 1 heterocycles. The third-order valence-corrected chi connectivity index (χ3v) is 5.72. The van der Waals surface area contributed by atoms with E-state index in [1.165, 1.54) is 4.88 Å². The lowest BCUT2D eigenvalue weighted by Crippen LogP contribution is -2.12. The van der Waals surface area contributed by atoms with Crippen molar-refractivity contribution < 1.29 is 9.53 Å². The molecule has 0 spiro atoms. The summed E-state index contributed by atoms with van der Waals surface area (Å²) < 4.78 is 5.65. The molecule has 1 aliphatic rings. The summed E-state index contributed by atoms with van der Waals surface area (Å²) in [6.45, 7) is 7.07. The highest BCUT2D eigenvalue weighted by Gasteiger charge is 2.24. The number of amides is 1. The Labute approximate surface area is 158 Å². The number of carbonyl (C=O) groups is 1. The normalized spacial score (nSPS) is 16.0. The largest absolute Gasteiger partial charge is 0.493 e. The van der Waals surface area contributed by atoms with Crippen molar-refractivity contribution in [3.05, 3.63) is 45.8 Å². The molecular formula is C21H24N2O2S. The van der Waals surface area contributed by atoms with Crippen LogP contribution in [0.3, 0.4) is 0 Å². The molecule has 0 saturated carbocycles. The molecule has 3 rings (SSSR count). The molecule has 2 aromatic rings. The van der Waals surface area contributed by atoms with E-state index in [0.717, 1.165) is 30.6 Å². The first-order valence-electron chi connectivity index (χ1n) is 9.06. The predicted octanol–water partition coefficient (Wildman–Crippen LogP) is 5.03. The lowest BCUT2D eigenvalue weighted by molar-refractivity contribution is 0.102. The number of carbonyl (C=O) groups excluding carboxylic acids is 1. The minimum atomic E-state index is -0.191. The topological polar surface area (TPSA) is 62.1 Å². The number of ether oxygens (including phenoxy) is 1. The molecule has 1 aromatic heterocycles. The average molecular weight is 369 g/mol. The number of anilines is 1. The van der Waals surface area contributed by atoms with E-state index in [4.69, 9.17) is 4.74 Å². The van der Waals surface area contributed by atoms with E-state index < -0.39 is 0 Å². The average Bonchev–Trinajstić information content (AvgIpc) is 2.96. The highest BCUT2D eigenvalue weighted by Crippen LogP contribution is 2.39. The molecule has 0 fully saturated rings. The fourth-order valence-corrected chi connectivity index (χ4v) is 4.45. The monoisotopic (exact) mass is 368 g/mol. The van der Waals surface area contributed by atoms with Gasteiger partial charge in [-0.1, -0.05) is 20.8 Å². The van der Waals surface area contributed by atoms with Crippen molar-refractivity contribution in [1.82, 2.24) is 0 Å². The van der Waals surface area contributed by atoms with Crippen LogP contribution in [0.25, 0.3) is 0 Å². The molecule has 1 amide bonds. The quantitative estimate of drug-likeness (QED) is 0.805. The van der Waals surface area contributed by atoms with Crippen LogP contribution in [0.1, 0.15) is 53.6 Å². The summed E-state index contributed by atoms with van der Waals surface area (Å²) in [6, 6.07) is 9.42. The smallest absolute Gasteiger partial charge is 0.256 e. The van der Waals surface area contributed by atoms with Crippen LogP contribution in [-0.2, 0) is 12.8 Å². The van der Waals surface area contributed by atoms with Crippen LogP contribution in [0.4, 0.5) is 5.00 Å². The Bertz CT molecular complexity index is 831. The fraction of sp³-hybridized carbons (Fsp3) is 0.429. The molecule has 1 aliphatic carbocycles. The summed E-state index contributed by atoms with van der Waals surface area (Å²) in [5.74, 6) is 1.65. The van der Waals surface area contributed by atoms with Crippen molar-refractivity contribution in [2.24, 2.45) is 11.8 Å². The summed E-state index contributed by atoms with van der Waals surface area (Å²) in [5, 5.41) is 13.2. The van der Waals surface area contributed by atoms with Gasteiger partial charge in [0.15, 0.2) is 0 Å². The summed E-state index contributed by atoms with van der Waals surface area (Å²) in [6.07, 6.45) is 3.02. The zero-order chi connectivity index (χ0) is 18.7. The number of hydrogen-bond acceptors (Lipinski definition) is 4. The van der Waals surface area contributed by atoms with E-state index in [1.54, 1.807) is 23.5 Å². The molecular weight excluding hydrogens is 344 g/mol. The van der Waals surface area contributed by atoms with Gasteiger partial charge in [-0.2, -0.15) is 5.26 Å². The first kappa shape index (κ1) is 18.5. The van der Waals surface area contributed by atoms with Crippen molar-refractivity contribution in [3.8, 4) is 11.8 Å². The Morgan fingerprint density at radius 3 is 2.77 bits per heavy atom. The van der Waals surface area contributed by atoms with Crippen molar-refractivity contribution in [2.45, 2.75) is 40.0 Å². The van der Waals surface area contributed by atoms with Gasteiger partial charge in [-0.05, 0) is 60.9 Å². The van der Waals surface area contributed by atoms with Gasteiger partial charge in [0.2, 0.25) is 0 Å². The summed E-state index contributed by atoms with van der Waals surface area (Å²) in [4.78, 5) is 13.8. The molecule has 0 aliphatic heterocycles. The SMILES string of the molecule is CC(C)COc1ccc(C(=O)Nc2sc3c(c2C#N)CC[C@H](C)C3)cc1. The van der Waals surface area contributed by atoms with Crippen LogP contribution < -0.4 is 10.1 Å². The Hall–Kier alpha value is -2.32. The minimum absolute atomic E-state index is 0.191. The van der Waals surface area contributed by atoms with Gasteiger partial charge in [-0.25, -0.2) is 0 Å².